The Morgan fingerprint density at radius 2 is 2.38 bits per heavy atom. The minimum atomic E-state index is 0.253. The molecule has 72 valence electrons. The Balaban J connectivity index is 2.62. The van der Waals surface area contributed by atoms with E-state index in [2.05, 4.69) is 22.2 Å². The zero-order chi connectivity index (χ0) is 9.68. The minimum absolute atomic E-state index is 0.253. The molecule has 1 N–H and O–H groups in total. The summed E-state index contributed by atoms with van der Waals surface area (Å²) in [6.07, 6.45) is 2.71. The van der Waals surface area contributed by atoms with Crippen molar-refractivity contribution in [3.8, 4) is 0 Å². The second-order valence-electron chi connectivity index (χ2n) is 2.93. The first-order valence-electron chi connectivity index (χ1n) is 4.38. The Morgan fingerprint density at radius 3 is 2.92 bits per heavy atom. The number of anilines is 1. The van der Waals surface area contributed by atoms with Gasteiger partial charge >= 0.3 is 0 Å². The molecule has 0 aliphatic heterocycles. The Kier molecular flexibility index (Phi) is 3.96. The number of hydrogen-bond donors (Lipinski definition) is 1. The molecular weight excluding hydrogens is 186 g/mol. The molecule has 0 aromatic carbocycles. The van der Waals surface area contributed by atoms with Crippen LogP contribution in [-0.2, 0) is 0 Å². The van der Waals surface area contributed by atoms with Crippen molar-refractivity contribution in [2.24, 2.45) is 0 Å². The van der Waals surface area contributed by atoms with E-state index in [0.717, 1.165) is 12.1 Å². The molecule has 0 bridgehead atoms. The second kappa shape index (κ2) is 5.02. The van der Waals surface area contributed by atoms with Crippen LogP contribution in [0.2, 0.25) is 0 Å². The van der Waals surface area contributed by atoms with Crippen molar-refractivity contribution in [1.82, 2.24) is 9.97 Å². The van der Waals surface area contributed by atoms with Crippen molar-refractivity contribution in [1.29, 1.82) is 0 Å². The van der Waals surface area contributed by atoms with Crippen molar-refractivity contribution in [2.75, 3.05) is 11.2 Å². The molecule has 0 aliphatic carbocycles. The molecule has 1 aromatic rings. The monoisotopic (exact) mass is 199 g/mol. The molecule has 1 unspecified atom stereocenters. The summed E-state index contributed by atoms with van der Waals surface area (Å²) in [5.74, 6) is 1.24. The highest BCUT2D eigenvalue weighted by Gasteiger charge is 2.05. The molecule has 0 amide bonds. The van der Waals surface area contributed by atoms with Crippen LogP contribution in [0.25, 0.3) is 0 Å². The molecule has 1 atom stereocenters. The zero-order valence-corrected chi connectivity index (χ0v) is 8.67. The van der Waals surface area contributed by atoms with Crippen LogP contribution < -0.4 is 5.32 Å². The summed E-state index contributed by atoms with van der Waals surface area (Å²) >= 11 is 5.74. The van der Waals surface area contributed by atoms with Gasteiger partial charge in [0.1, 0.15) is 0 Å². The minimum Gasteiger partial charge on any atom is -0.350 e. The number of hydrogen-bond acceptors (Lipinski definition) is 3. The van der Waals surface area contributed by atoms with E-state index in [9.17, 15) is 0 Å². The largest absolute Gasteiger partial charge is 0.350 e. The van der Waals surface area contributed by atoms with Crippen LogP contribution in [0.5, 0.6) is 0 Å². The van der Waals surface area contributed by atoms with E-state index < -0.39 is 0 Å². The van der Waals surface area contributed by atoms with Crippen molar-refractivity contribution in [3.63, 3.8) is 0 Å². The summed E-state index contributed by atoms with van der Waals surface area (Å²) < 4.78 is 0. The molecular formula is C9H14ClN3. The van der Waals surface area contributed by atoms with Crippen LogP contribution in [0.4, 0.5) is 5.95 Å². The Labute approximate surface area is 83.5 Å². The summed E-state index contributed by atoms with van der Waals surface area (Å²) in [7, 11) is 0. The summed E-state index contributed by atoms with van der Waals surface area (Å²) in [5.41, 5.74) is 0.960. The molecule has 1 rings (SSSR count). The SMILES string of the molecule is CCC(CCl)Nc1nccc(C)n1. The van der Waals surface area contributed by atoms with Gasteiger partial charge in [-0.15, -0.1) is 11.6 Å². The van der Waals surface area contributed by atoms with Gasteiger partial charge in [-0.05, 0) is 19.4 Å². The van der Waals surface area contributed by atoms with Crippen LogP contribution in [0.15, 0.2) is 12.3 Å². The van der Waals surface area contributed by atoms with Crippen LogP contribution in [0, 0.1) is 6.92 Å². The number of nitrogens with one attached hydrogen (secondary N) is 1. The molecule has 1 aromatic heterocycles. The van der Waals surface area contributed by atoms with E-state index in [1.807, 2.05) is 13.0 Å². The predicted octanol–water partition coefficient (Wildman–Crippen LogP) is 2.21. The van der Waals surface area contributed by atoms with Gasteiger partial charge in [0.15, 0.2) is 0 Å². The molecule has 0 saturated heterocycles. The van der Waals surface area contributed by atoms with Crippen LogP contribution in [0.1, 0.15) is 19.0 Å². The van der Waals surface area contributed by atoms with E-state index in [4.69, 9.17) is 11.6 Å². The Bertz CT molecular complexity index is 261. The van der Waals surface area contributed by atoms with Gasteiger partial charge < -0.3 is 5.32 Å². The average molecular weight is 200 g/mol. The van der Waals surface area contributed by atoms with Gasteiger partial charge in [-0.2, -0.15) is 0 Å². The molecule has 0 saturated carbocycles. The first-order valence-corrected chi connectivity index (χ1v) is 4.92. The van der Waals surface area contributed by atoms with E-state index >= 15 is 0 Å². The van der Waals surface area contributed by atoms with Crippen molar-refractivity contribution >= 4 is 17.5 Å². The van der Waals surface area contributed by atoms with Crippen molar-refractivity contribution < 1.29 is 0 Å². The highest BCUT2D eigenvalue weighted by Crippen LogP contribution is 2.04. The highest BCUT2D eigenvalue weighted by molar-refractivity contribution is 6.18. The van der Waals surface area contributed by atoms with Gasteiger partial charge in [-0.3, -0.25) is 0 Å². The topological polar surface area (TPSA) is 37.8 Å². The van der Waals surface area contributed by atoms with Crippen molar-refractivity contribution in [3.05, 3.63) is 18.0 Å². The summed E-state index contributed by atoms with van der Waals surface area (Å²) in [6.45, 7) is 4.02. The number of aryl methyl sites for hydroxylation is 1. The number of rotatable bonds is 4. The van der Waals surface area contributed by atoms with Gasteiger partial charge in [0.25, 0.3) is 0 Å². The molecule has 13 heavy (non-hydrogen) atoms. The third kappa shape index (κ3) is 3.19. The van der Waals surface area contributed by atoms with Crippen LogP contribution in [0.3, 0.4) is 0 Å². The smallest absolute Gasteiger partial charge is 0.223 e. The third-order valence-corrected chi connectivity index (χ3v) is 2.18. The van der Waals surface area contributed by atoms with Gasteiger partial charge in [-0.25, -0.2) is 9.97 Å². The van der Waals surface area contributed by atoms with E-state index in [0.29, 0.717) is 11.8 Å². The number of halogens is 1. The lowest BCUT2D eigenvalue weighted by molar-refractivity contribution is 0.758. The summed E-state index contributed by atoms with van der Waals surface area (Å²) in [4.78, 5) is 8.32. The first kappa shape index (κ1) is 10.3. The van der Waals surface area contributed by atoms with Gasteiger partial charge in [0, 0.05) is 23.8 Å². The number of alkyl halides is 1. The maximum atomic E-state index is 5.74. The fourth-order valence-corrected chi connectivity index (χ4v) is 1.25. The Hall–Kier alpha value is -0.830. The first-order chi connectivity index (χ1) is 6.26. The van der Waals surface area contributed by atoms with Crippen LogP contribution >= 0.6 is 11.6 Å². The van der Waals surface area contributed by atoms with Gasteiger partial charge in [0.05, 0.1) is 0 Å². The molecule has 4 heteroatoms. The quantitative estimate of drug-likeness (QED) is 0.756. The standard InChI is InChI=1S/C9H14ClN3/c1-3-8(6-10)13-9-11-5-4-7(2)12-9/h4-5,8H,3,6H2,1-2H3,(H,11,12,13). The molecule has 0 fully saturated rings. The lowest BCUT2D eigenvalue weighted by atomic mass is 10.3. The molecule has 0 radical (unpaired) electrons. The predicted molar refractivity (Wildman–Crippen MR) is 55.2 cm³/mol. The second-order valence-corrected chi connectivity index (χ2v) is 3.23. The number of nitrogens with zero attached hydrogens (tertiary/aromatic N) is 2. The van der Waals surface area contributed by atoms with Gasteiger partial charge in [0.2, 0.25) is 5.95 Å². The van der Waals surface area contributed by atoms with E-state index in [1.165, 1.54) is 0 Å². The average Bonchev–Trinajstić information content (AvgIpc) is 2.14. The lowest BCUT2D eigenvalue weighted by Gasteiger charge is -2.13. The zero-order valence-electron chi connectivity index (χ0n) is 7.92. The highest BCUT2D eigenvalue weighted by atomic mass is 35.5. The molecule has 0 aliphatic rings. The maximum absolute atomic E-state index is 5.74. The number of aromatic nitrogens is 2. The third-order valence-electron chi connectivity index (χ3n) is 1.81. The fraction of sp³-hybridized carbons (Fsp3) is 0.556. The molecule has 1 heterocycles. The Morgan fingerprint density at radius 1 is 1.62 bits per heavy atom. The van der Waals surface area contributed by atoms with E-state index in [1.54, 1.807) is 6.20 Å². The van der Waals surface area contributed by atoms with Crippen LogP contribution in [-0.4, -0.2) is 21.9 Å². The lowest BCUT2D eigenvalue weighted by Crippen LogP contribution is -2.21. The van der Waals surface area contributed by atoms with Crippen molar-refractivity contribution in [2.45, 2.75) is 26.3 Å². The fourth-order valence-electron chi connectivity index (χ4n) is 0.951. The molecule has 0 spiro atoms. The van der Waals surface area contributed by atoms with Gasteiger partial charge in [-0.1, -0.05) is 6.92 Å². The summed E-state index contributed by atoms with van der Waals surface area (Å²) in [5, 5.41) is 3.16. The normalized spacial score (nSPS) is 12.5. The summed E-state index contributed by atoms with van der Waals surface area (Å²) in [6, 6.07) is 2.12. The van der Waals surface area contributed by atoms with E-state index in [-0.39, 0.29) is 6.04 Å². The molecule has 3 nitrogen and oxygen atoms in total. The maximum Gasteiger partial charge on any atom is 0.223 e.